The second kappa shape index (κ2) is 4.18. The van der Waals surface area contributed by atoms with E-state index in [-0.39, 0.29) is 10.5 Å². The lowest BCUT2D eigenvalue weighted by molar-refractivity contribution is -0.141. The number of hydrogen-bond donors (Lipinski definition) is 1. The fraction of sp³-hybridized carbons (Fsp3) is 0.273. The van der Waals surface area contributed by atoms with Crippen LogP contribution in [0, 0.1) is 11.3 Å². The fourth-order valence-corrected chi connectivity index (χ4v) is 1.90. The van der Waals surface area contributed by atoms with Crippen LogP contribution in [0.15, 0.2) is 29.2 Å². The standard InChI is InChI=1S/C11H11NO4S/c1-11(7-12,10(13)14)8-3-5-9(6-4-8)17(2,15)16/h3-6H,1-2H3,(H,13,14). The highest BCUT2D eigenvalue weighted by molar-refractivity contribution is 7.90. The van der Waals surface area contributed by atoms with Crippen LogP contribution in [0.4, 0.5) is 0 Å². The number of carboxylic acid groups (broad SMARTS) is 1. The molecule has 5 nitrogen and oxygen atoms in total. The average molecular weight is 253 g/mol. The molecular formula is C11H11NO4S. The molecule has 0 aromatic heterocycles. The zero-order chi connectivity index (χ0) is 13.3. The summed E-state index contributed by atoms with van der Waals surface area (Å²) in [5, 5.41) is 17.9. The third-order valence-corrected chi connectivity index (χ3v) is 3.64. The summed E-state index contributed by atoms with van der Waals surface area (Å²) in [6, 6.07) is 6.98. The molecule has 0 fully saturated rings. The Bertz CT molecular complexity index is 583. The molecule has 0 saturated carbocycles. The molecule has 0 bridgehead atoms. The van der Waals surface area contributed by atoms with Crippen LogP contribution >= 0.6 is 0 Å². The van der Waals surface area contributed by atoms with Gasteiger partial charge < -0.3 is 5.11 Å². The van der Waals surface area contributed by atoms with E-state index in [9.17, 15) is 13.2 Å². The molecule has 17 heavy (non-hydrogen) atoms. The molecule has 6 heteroatoms. The van der Waals surface area contributed by atoms with Gasteiger partial charge in [0, 0.05) is 6.26 Å². The van der Waals surface area contributed by atoms with Crippen LogP contribution in [0.3, 0.4) is 0 Å². The van der Waals surface area contributed by atoms with Gasteiger partial charge in [0.1, 0.15) is 0 Å². The van der Waals surface area contributed by atoms with Crippen molar-refractivity contribution in [2.24, 2.45) is 0 Å². The Hall–Kier alpha value is -1.87. The number of sulfone groups is 1. The number of rotatable bonds is 3. The van der Waals surface area contributed by atoms with Crippen LogP contribution in [-0.2, 0) is 20.0 Å². The maximum atomic E-state index is 11.2. The van der Waals surface area contributed by atoms with Crippen LogP contribution in [-0.4, -0.2) is 25.7 Å². The van der Waals surface area contributed by atoms with E-state index < -0.39 is 21.2 Å². The highest BCUT2D eigenvalue weighted by atomic mass is 32.2. The van der Waals surface area contributed by atoms with Gasteiger partial charge in [-0.15, -0.1) is 0 Å². The summed E-state index contributed by atoms with van der Waals surface area (Å²) in [5.41, 5.74) is -1.42. The molecule has 0 aliphatic heterocycles. The Morgan fingerprint density at radius 3 is 2.12 bits per heavy atom. The molecule has 1 rings (SSSR count). The van der Waals surface area contributed by atoms with Gasteiger partial charge in [0.15, 0.2) is 15.3 Å². The zero-order valence-corrected chi connectivity index (χ0v) is 10.2. The molecule has 0 saturated heterocycles. The van der Waals surface area contributed by atoms with Gasteiger partial charge >= 0.3 is 5.97 Å². The predicted molar refractivity (Wildman–Crippen MR) is 60.2 cm³/mol. The van der Waals surface area contributed by atoms with Crippen LogP contribution in [0.25, 0.3) is 0 Å². The topological polar surface area (TPSA) is 95.2 Å². The monoisotopic (exact) mass is 253 g/mol. The lowest BCUT2D eigenvalue weighted by atomic mass is 9.84. The van der Waals surface area contributed by atoms with E-state index in [0.717, 1.165) is 6.26 Å². The minimum absolute atomic E-state index is 0.0897. The third-order valence-electron chi connectivity index (χ3n) is 2.51. The lowest BCUT2D eigenvalue weighted by Crippen LogP contribution is -2.30. The third kappa shape index (κ3) is 2.45. The van der Waals surface area contributed by atoms with Gasteiger partial charge in [-0.2, -0.15) is 5.26 Å². The van der Waals surface area contributed by atoms with Gasteiger partial charge in [0.05, 0.1) is 11.0 Å². The normalized spacial score (nSPS) is 14.6. The molecule has 90 valence electrons. The Kier molecular flexibility index (Phi) is 3.25. The average Bonchev–Trinajstić information content (AvgIpc) is 2.26. The summed E-state index contributed by atoms with van der Waals surface area (Å²) in [5.74, 6) is -1.27. The molecule has 0 heterocycles. The van der Waals surface area contributed by atoms with Crippen molar-refractivity contribution in [1.82, 2.24) is 0 Å². The molecule has 0 aliphatic carbocycles. The summed E-state index contributed by atoms with van der Waals surface area (Å²) in [6.07, 6.45) is 1.06. The summed E-state index contributed by atoms with van der Waals surface area (Å²) in [4.78, 5) is 11.1. The van der Waals surface area contributed by atoms with E-state index in [2.05, 4.69) is 0 Å². The Morgan fingerprint density at radius 1 is 1.35 bits per heavy atom. The first-order valence-corrected chi connectivity index (χ1v) is 6.56. The van der Waals surface area contributed by atoms with Crippen molar-refractivity contribution in [3.05, 3.63) is 29.8 Å². The summed E-state index contributed by atoms with van der Waals surface area (Å²) in [6.45, 7) is 1.27. The van der Waals surface area contributed by atoms with E-state index in [1.165, 1.54) is 31.2 Å². The summed E-state index contributed by atoms with van der Waals surface area (Å²) >= 11 is 0. The maximum Gasteiger partial charge on any atom is 0.328 e. The molecule has 0 amide bonds. The number of nitriles is 1. The number of aliphatic carboxylic acids is 1. The van der Waals surface area contributed by atoms with E-state index in [1.807, 2.05) is 0 Å². The van der Waals surface area contributed by atoms with Gasteiger partial charge in [0.2, 0.25) is 0 Å². The van der Waals surface area contributed by atoms with Gasteiger partial charge in [-0.3, -0.25) is 4.79 Å². The Labute approximate surface area is 99.2 Å². The van der Waals surface area contributed by atoms with Crippen molar-refractivity contribution < 1.29 is 18.3 Å². The molecule has 0 radical (unpaired) electrons. The fourth-order valence-electron chi connectivity index (χ4n) is 1.27. The van der Waals surface area contributed by atoms with Crippen molar-refractivity contribution >= 4 is 15.8 Å². The van der Waals surface area contributed by atoms with Crippen LogP contribution in [0.2, 0.25) is 0 Å². The van der Waals surface area contributed by atoms with Crippen molar-refractivity contribution in [2.75, 3.05) is 6.26 Å². The van der Waals surface area contributed by atoms with Crippen molar-refractivity contribution in [2.45, 2.75) is 17.2 Å². The maximum absolute atomic E-state index is 11.2. The Balaban J connectivity index is 3.30. The number of hydrogen-bond acceptors (Lipinski definition) is 4. The largest absolute Gasteiger partial charge is 0.480 e. The molecule has 1 N–H and O–H groups in total. The molecule has 1 aromatic carbocycles. The number of nitrogens with zero attached hydrogens (tertiary/aromatic N) is 1. The van der Waals surface area contributed by atoms with E-state index in [1.54, 1.807) is 6.07 Å². The second-order valence-corrected chi connectivity index (χ2v) is 5.85. The lowest BCUT2D eigenvalue weighted by Gasteiger charge is -2.16. The number of benzene rings is 1. The van der Waals surface area contributed by atoms with Gasteiger partial charge in [-0.25, -0.2) is 8.42 Å². The van der Waals surface area contributed by atoms with Gasteiger partial charge in [-0.1, -0.05) is 12.1 Å². The molecule has 0 aliphatic rings. The minimum Gasteiger partial charge on any atom is -0.480 e. The van der Waals surface area contributed by atoms with Crippen LogP contribution in [0.5, 0.6) is 0 Å². The van der Waals surface area contributed by atoms with Crippen LogP contribution < -0.4 is 0 Å². The van der Waals surface area contributed by atoms with Gasteiger partial charge in [-0.05, 0) is 24.6 Å². The zero-order valence-electron chi connectivity index (χ0n) is 9.34. The summed E-state index contributed by atoms with van der Waals surface area (Å²) in [7, 11) is -3.32. The molecule has 1 aromatic rings. The van der Waals surface area contributed by atoms with E-state index >= 15 is 0 Å². The minimum atomic E-state index is -3.32. The smallest absolute Gasteiger partial charge is 0.328 e. The van der Waals surface area contributed by atoms with Crippen LogP contribution in [0.1, 0.15) is 12.5 Å². The van der Waals surface area contributed by atoms with Gasteiger partial charge in [0.25, 0.3) is 0 Å². The molecular weight excluding hydrogens is 242 g/mol. The number of carboxylic acids is 1. The first kappa shape index (κ1) is 13.2. The highest BCUT2D eigenvalue weighted by Crippen LogP contribution is 2.24. The SMILES string of the molecule is CC(C#N)(C(=O)O)c1ccc(S(C)(=O)=O)cc1. The summed E-state index contributed by atoms with van der Waals surface area (Å²) < 4.78 is 22.4. The number of carbonyl (C=O) groups is 1. The second-order valence-electron chi connectivity index (χ2n) is 3.84. The van der Waals surface area contributed by atoms with E-state index in [4.69, 9.17) is 10.4 Å². The van der Waals surface area contributed by atoms with E-state index in [0.29, 0.717) is 0 Å². The molecule has 0 spiro atoms. The highest BCUT2D eigenvalue weighted by Gasteiger charge is 2.35. The first-order valence-electron chi connectivity index (χ1n) is 4.67. The van der Waals surface area contributed by atoms with Crippen molar-refractivity contribution in [1.29, 1.82) is 5.26 Å². The first-order chi connectivity index (χ1) is 7.71. The van der Waals surface area contributed by atoms with Crippen molar-refractivity contribution in [3.8, 4) is 6.07 Å². The van der Waals surface area contributed by atoms with Crippen molar-refractivity contribution in [3.63, 3.8) is 0 Å². The molecule has 1 unspecified atom stereocenters. The quantitative estimate of drug-likeness (QED) is 0.865. The predicted octanol–water partition coefficient (Wildman–Crippen LogP) is 0.956. The Morgan fingerprint density at radius 2 is 1.82 bits per heavy atom. The molecule has 1 atom stereocenters.